The minimum atomic E-state index is -0.498. The SMILES string of the molecule is CC(=O)c1ccc(SCC(=O)Nc2nc3c(C)ccc(C)c3s2)c(F)c1. The first-order chi connectivity index (χ1) is 12.3. The predicted octanol–water partition coefficient (Wildman–Crippen LogP) is 4.99. The van der Waals surface area contributed by atoms with Gasteiger partial charge in [0.25, 0.3) is 0 Å². The van der Waals surface area contributed by atoms with Crippen LogP contribution in [0.2, 0.25) is 0 Å². The number of carbonyl (C=O) groups is 2. The van der Waals surface area contributed by atoms with Gasteiger partial charge in [0.1, 0.15) is 5.82 Å². The fraction of sp³-hybridized carbons (Fsp3) is 0.211. The Morgan fingerprint density at radius 3 is 2.58 bits per heavy atom. The Balaban J connectivity index is 1.67. The fourth-order valence-electron chi connectivity index (χ4n) is 2.45. The summed E-state index contributed by atoms with van der Waals surface area (Å²) in [4.78, 5) is 28.3. The van der Waals surface area contributed by atoms with E-state index in [1.165, 1.54) is 30.4 Å². The molecule has 0 radical (unpaired) electrons. The highest BCUT2D eigenvalue weighted by molar-refractivity contribution is 8.00. The van der Waals surface area contributed by atoms with Gasteiger partial charge in [-0.25, -0.2) is 9.37 Å². The summed E-state index contributed by atoms with van der Waals surface area (Å²) in [6.07, 6.45) is 0. The van der Waals surface area contributed by atoms with Crippen molar-refractivity contribution in [1.82, 2.24) is 4.98 Å². The van der Waals surface area contributed by atoms with Crippen molar-refractivity contribution < 1.29 is 14.0 Å². The van der Waals surface area contributed by atoms with Gasteiger partial charge in [0.05, 0.1) is 16.0 Å². The van der Waals surface area contributed by atoms with Crippen LogP contribution in [-0.2, 0) is 4.79 Å². The zero-order chi connectivity index (χ0) is 18.8. The van der Waals surface area contributed by atoms with Crippen LogP contribution in [0, 0.1) is 19.7 Å². The average molecular weight is 388 g/mol. The largest absolute Gasteiger partial charge is 0.301 e. The molecule has 0 spiro atoms. The minimum absolute atomic E-state index is 0.0597. The van der Waals surface area contributed by atoms with Gasteiger partial charge in [-0.3, -0.25) is 9.59 Å². The zero-order valence-corrected chi connectivity index (χ0v) is 16.2. The Kier molecular flexibility index (Phi) is 5.38. The van der Waals surface area contributed by atoms with Gasteiger partial charge in [0.2, 0.25) is 5.91 Å². The number of rotatable bonds is 5. The lowest BCUT2D eigenvalue weighted by molar-refractivity contribution is -0.113. The predicted molar refractivity (Wildman–Crippen MR) is 105 cm³/mol. The number of thioether (sulfide) groups is 1. The Bertz CT molecular complexity index is 975. The average Bonchev–Trinajstić information content (AvgIpc) is 3.02. The molecule has 1 N–H and O–H groups in total. The normalized spacial score (nSPS) is 10.9. The Hall–Kier alpha value is -2.25. The molecule has 2 aromatic carbocycles. The topological polar surface area (TPSA) is 59.1 Å². The Labute approximate surface area is 158 Å². The number of benzene rings is 2. The molecule has 1 heterocycles. The summed E-state index contributed by atoms with van der Waals surface area (Å²) in [6, 6.07) is 8.32. The van der Waals surface area contributed by atoms with Crippen molar-refractivity contribution in [2.45, 2.75) is 25.7 Å². The number of thiazole rings is 1. The molecule has 0 saturated carbocycles. The smallest absolute Gasteiger partial charge is 0.236 e. The van der Waals surface area contributed by atoms with E-state index in [1.54, 1.807) is 6.07 Å². The molecular weight excluding hydrogens is 371 g/mol. The van der Waals surface area contributed by atoms with Gasteiger partial charge in [-0.05, 0) is 44.0 Å². The van der Waals surface area contributed by atoms with Crippen LogP contribution in [0.15, 0.2) is 35.2 Å². The molecule has 3 aromatic rings. The number of amides is 1. The Morgan fingerprint density at radius 2 is 1.92 bits per heavy atom. The fourth-order valence-corrected chi connectivity index (χ4v) is 4.20. The van der Waals surface area contributed by atoms with Crippen LogP contribution >= 0.6 is 23.1 Å². The number of ketones is 1. The first-order valence-corrected chi connectivity index (χ1v) is 9.75. The second kappa shape index (κ2) is 7.55. The molecule has 0 atom stereocenters. The quantitative estimate of drug-likeness (QED) is 0.494. The number of hydrogen-bond acceptors (Lipinski definition) is 5. The second-order valence-corrected chi connectivity index (χ2v) is 7.95. The lowest BCUT2D eigenvalue weighted by Crippen LogP contribution is -2.13. The van der Waals surface area contributed by atoms with Gasteiger partial charge in [-0.1, -0.05) is 29.5 Å². The molecule has 0 bridgehead atoms. The van der Waals surface area contributed by atoms with Gasteiger partial charge in [-0.2, -0.15) is 0 Å². The van der Waals surface area contributed by atoms with Crippen LogP contribution < -0.4 is 5.32 Å². The van der Waals surface area contributed by atoms with Crippen LogP contribution in [0.4, 0.5) is 9.52 Å². The van der Waals surface area contributed by atoms with Crippen molar-refractivity contribution in [3.63, 3.8) is 0 Å². The summed E-state index contributed by atoms with van der Waals surface area (Å²) in [5.74, 6) is -0.884. The summed E-state index contributed by atoms with van der Waals surface area (Å²) in [7, 11) is 0. The van der Waals surface area contributed by atoms with Crippen LogP contribution in [0.25, 0.3) is 10.2 Å². The minimum Gasteiger partial charge on any atom is -0.301 e. The van der Waals surface area contributed by atoms with E-state index in [9.17, 15) is 14.0 Å². The molecule has 0 aliphatic heterocycles. The number of fused-ring (bicyclic) bond motifs is 1. The highest BCUT2D eigenvalue weighted by Crippen LogP contribution is 2.31. The van der Waals surface area contributed by atoms with Crippen molar-refractivity contribution in [1.29, 1.82) is 0 Å². The molecule has 0 aliphatic rings. The van der Waals surface area contributed by atoms with Crippen molar-refractivity contribution in [2.24, 2.45) is 0 Å². The van der Waals surface area contributed by atoms with Crippen LogP contribution in [0.1, 0.15) is 28.4 Å². The van der Waals surface area contributed by atoms with E-state index >= 15 is 0 Å². The summed E-state index contributed by atoms with van der Waals surface area (Å²) >= 11 is 2.52. The van der Waals surface area contributed by atoms with Gasteiger partial charge in [0, 0.05) is 10.5 Å². The van der Waals surface area contributed by atoms with Gasteiger partial charge < -0.3 is 5.32 Å². The van der Waals surface area contributed by atoms with Crippen LogP contribution in [-0.4, -0.2) is 22.4 Å². The number of halogens is 1. The first-order valence-electron chi connectivity index (χ1n) is 7.95. The number of aromatic nitrogens is 1. The lowest BCUT2D eigenvalue weighted by Gasteiger charge is -2.04. The summed E-state index contributed by atoms with van der Waals surface area (Å²) in [5.41, 5.74) is 3.38. The standard InChI is InChI=1S/C19H17FN2O2S2/c1-10-4-5-11(2)18-17(10)22-19(26-18)21-16(24)9-25-15-7-6-13(12(3)23)8-14(15)20/h4-8H,9H2,1-3H3,(H,21,22,24). The molecule has 1 aromatic heterocycles. The van der Waals surface area contributed by atoms with E-state index in [4.69, 9.17) is 0 Å². The van der Waals surface area contributed by atoms with E-state index in [2.05, 4.69) is 10.3 Å². The van der Waals surface area contributed by atoms with Crippen molar-refractivity contribution in [2.75, 3.05) is 11.1 Å². The molecule has 0 aliphatic carbocycles. The van der Waals surface area contributed by atoms with Crippen LogP contribution in [0.5, 0.6) is 0 Å². The van der Waals surface area contributed by atoms with Gasteiger partial charge >= 0.3 is 0 Å². The number of carbonyl (C=O) groups excluding carboxylic acids is 2. The maximum absolute atomic E-state index is 14.0. The molecule has 4 nitrogen and oxygen atoms in total. The molecule has 26 heavy (non-hydrogen) atoms. The Morgan fingerprint density at radius 1 is 1.19 bits per heavy atom. The number of nitrogens with zero attached hydrogens (tertiary/aromatic N) is 1. The lowest BCUT2D eigenvalue weighted by atomic mass is 10.1. The summed E-state index contributed by atoms with van der Waals surface area (Å²) in [6.45, 7) is 5.38. The van der Waals surface area contributed by atoms with E-state index in [0.717, 1.165) is 33.1 Å². The van der Waals surface area contributed by atoms with Crippen molar-refractivity contribution in [3.05, 3.63) is 52.8 Å². The number of Topliss-reactive ketones (excluding diaryl/α,β-unsaturated/α-hetero) is 1. The molecule has 3 rings (SSSR count). The summed E-state index contributed by atoms with van der Waals surface area (Å²) in [5, 5.41) is 3.31. The monoisotopic (exact) mass is 388 g/mol. The summed E-state index contributed by atoms with van der Waals surface area (Å²) < 4.78 is 15.1. The molecule has 0 fully saturated rings. The molecular formula is C19H17FN2O2S2. The maximum Gasteiger partial charge on any atom is 0.236 e. The van der Waals surface area contributed by atoms with Crippen LogP contribution in [0.3, 0.4) is 0 Å². The molecule has 0 saturated heterocycles. The number of hydrogen-bond donors (Lipinski definition) is 1. The van der Waals surface area contributed by atoms with E-state index < -0.39 is 5.82 Å². The number of anilines is 1. The van der Waals surface area contributed by atoms with Crippen molar-refractivity contribution in [3.8, 4) is 0 Å². The van der Waals surface area contributed by atoms with E-state index in [1.807, 2.05) is 26.0 Å². The van der Waals surface area contributed by atoms with Gasteiger partial charge in [-0.15, -0.1) is 11.8 Å². The molecule has 7 heteroatoms. The molecule has 0 unspecified atom stereocenters. The highest BCUT2D eigenvalue weighted by Gasteiger charge is 2.13. The van der Waals surface area contributed by atoms with E-state index in [0.29, 0.717) is 15.6 Å². The number of nitrogens with one attached hydrogen (secondary N) is 1. The van der Waals surface area contributed by atoms with E-state index in [-0.39, 0.29) is 17.4 Å². The van der Waals surface area contributed by atoms with Crippen molar-refractivity contribution >= 4 is 50.1 Å². The second-order valence-electron chi connectivity index (χ2n) is 5.93. The maximum atomic E-state index is 14.0. The zero-order valence-electron chi connectivity index (χ0n) is 14.6. The highest BCUT2D eigenvalue weighted by atomic mass is 32.2. The number of aryl methyl sites for hydroxylation is 2. The molecule has 1 amide bonds. The van der Waals surface area contributed by atoms with Gasteiger partial charge in [0.15, 0.2) is 10.9 Å². The third kappa shape index (κ3) is 3.94. The first kappa shape index (κ1) is 18.5. The third-order valence-electron chi connectivity index (χ3n) is 3.89. The molecule has 134 valence electrons. The third-order valence-corrected chi connectivity index (χ3v) is 6.04.